The molecular weight excluding hydrogens is 413 g/mol. The summed E-state index contributed by atoms with van der Waals surface area (Å²) in [5.41, 5.74) is 1.60. The lowest BCUT2D eigenvalue weighted by atomic mass is 10.1. The maximum absolute atomic E-state index is 13.1. The van der Waals surface area contributed by atoms with Gasteiger partial charge in [0.05, 0.1) is 38.3 Å². The zero-order chi connectivity index (χ0) is 19.0. The fourth-order valence-corrected chi connectivity index (χ4v) is 4.28. The van der Waals surface area contributed by atoms with Gasteiger partial charge in [-0.25, -0.2) is 9.29 Å². The van der Waals surface area contributed by atoms with Crippen molar-refractivity contribution >= 4 is 39.1 Å². The smallest absolute Gasteiger partial charge is 0.292 e. The van der Waals surface area contributed by atoms with Crippen LogP contribution >= 0.6 is 15.9 Å². The van der Waals surface area contributed by atoms with Crippen LogP contribution in [-0.2, 0) is 9.59 Å². The molecule has 0 radical (unpaired) electrons. The largest absolute Gasteiger partial charge is 0.360 e. The van der Waals surface area contributed by atoms with Gasteiger partial charge in [0.15, 0.2) is 6.04 Å². The molecule has 4 rings (SSSR count). The molecule has 0 aromatic heterocycles. The summed E-state index contributed by atoms with van der Waals surface area (Å²) in [6.07, 6.45) is 0.247. The number of imide groups is 1. The molecule has 0 unspecified atom stereocenters. The first kappa shape index (κ1) is 18.1. The van der Waals surface area contributed by atoms with Crippen LogP contribution in [0.25, 0.3) is 0 Å². The molecule has 7 heteroatoms. The number of carbonyl (C=O) groups excluding carboxylic acids is 2. The van der Waals surface area contributed by atoms with Crippen LogP contribution in [-0.4, -0.2) is 44.0 Å². The summed E-state index contributed by atoms with van der Waals surface area (Å²) in [6, 6.07) is 13.4. The Balaban J connectivity index is 1.44. The Morgan fingerprint density at radius 3 is 2.37 bits per heavy atom. The van der Waals surface area contributed by atoms with Crippen molar-refractivity contribution in [1.82, 2.24) is 0 Å². The number of halogens is 2. The summed E-state index contributed by atoms with van der Waals surface area (Å²) in [5, 5.41) is 0. The Bertz CT molecular complexity index is 866. The highest BCUT2D eigenvalue weighted by atomic mass is 79.9. The molecular formula is C20H20BrFN3O2+. The highest BCUT2D eigenvalue weighted by Gasteiger charge is 2.46. The van der Waals surface area contributed by atoms with Gasteiger partial charge in [-0.2, -0.15) is 0 Å². The van der Waals surface area contributed by atoms with Crippen molar-refractivity contribution in [2.24, 2.45) is 0 Å². The quantitative estimate of drug-likeness (QED) is 0.749. The van der Waals surface area contributed by atoms with E-state index in [0.717, 1.165) is 41.2 Å². The van der Waals surface area contributed by atoms with E-state index in [1.54, 1.807) is 24.3 Å². The third-order valence-corrected chi connectivity index (χ3v) is 5.80. The molecule has 2 amide bonds. The van der Waals surface area contributed by atoms with E-state index in [9.17, 15) is 14.0 Å². The molecule has 140 valence electrons. The molecule has 2 aliphatic heterocycles. The molecule has 0 saturated carbocycles. The van der Waals surface area contributed by atoms with Gasteiger partial charge in [0.1, 0.15) is 5.82 Å². The predicted molar refractivity (Wildman–Crippen MR) is 104 cm³/mol. The first-order chi connectivity index (χ1) is 13.0. The average molecular weight is 433 g/mol. The van der Waals surface area contributed by atoms with E-state index in [1.165, 1.54) is 17.0 Å². The highest BCUT2D eigenvalue weighted by molar-refractivity contribution is 9.10. The number of nitrogens with one attached hydrogen (secondary N) is 1. The number of piperazine rings is 1. The number of benzene rings is 2. The summed E-state index contributed by atoms with van der Waals surface area (Å²) in [4.78, 5) is 30.1. The van der Waals surface area contributed by atoms with Crippen LogP contribution in [0.15, 0.2) is 53.0 Å². The van der Waals surface area contributed by atoms with E-state index in [-0.39, 0.29) is 30.1 Å². The van der Waals surface area contributed by atoms with Crippen LogP contribution in [0.3, 0.4) is 0 Å². The number of hydrogen-bond donors (Lipinski definition) is 1. The van der Waals surface area contributed by atoms with Crippen LogP contribution in [0, 0.1) is 5.82 Å². The molecule has 1 atom stereocenters. The fraction of sp³-hybridized carbons (Fsp3) is 0.300. The molecule has 5 nitrogen and oxygen atoms in total. The number of amides is 2. The van der Waals surface area contributed by atoms with Gasteiger partial charge in [0, 0.05) is 10.2 Å². The van der Waals surface area contributed by atoms with Gasteiger partial charge in [-0.1, -0.05) is 22.0 Å². The first-order valence-electron chi connectivity index (χ1n) is 9.00. The third-order valence-electron chi connectivity index (χ3n) is 5.30. The molecule has 0 bridgehead atoms. The topological polar surface area (TPSA) is 45.1 Å². The Kier molecular flexibility index (Phi) is 4.97. The average Bonchev–Trinajstić information content (AvgIpc) is 2.97. The van der Waals surface area contributed by atoms with Crippen LogP contribution < -0.4 is 14.7 Å². The van der Waals surface area contributed by atoms with Gasteiger partial charge in [0.2, 0.25) is 5.91 Å². The van der Waals surface area contributed by atoms with Crippen molar-refractivity contribution in [2.75, 3.05) is 36.0 Å². The molecule has 0 spiro atoms. The molecule has 2 aromatic carbocycles. The lowest BCUT2D eigenvalue weighted by Gasteiger charge is -2.35. The van der Waals surface area contributed by atoms with E-state index in [1.807, 2.05) is 12.1 Å². The molecule has 2 heterocycles. The second-order valence-corrected chi connectivity index (χ2v) is 7.84. The number of carbonyl (C=O) groups is 2. The van der Waals surface area contributed by atoms with Crippen LogP contribution in [0.1, 0.15) is 6.42 Å². The molecule has 27 heavy (non-hydrogen) atoms. The van der Waals surface area contributed by atoms with Gasteiger partial charge in [-0.3, -0.25) is 9.59 Å². The normalized spacial score (nSPS) is 21.2. The van der Waals surface area contributed by atoms with Crippen molar-refractivity contribution in [2.45, 2.75) is 12.5 Å². The molecule has 2 aromatic rings. The van der Waals surface area contributed by atoms with Crippen molar-refractivity contribution in [3.8, 4) is 0 Å². The van der Waals surface area contributed by atoms with Crippen LogP contribution in [0.4, 0.5) is 15.8 Å². The van der Waals surface area contributed by atoms with E-state index in [4.69, 9.17) is 0 Å². The zero-order valence-electron chi connectivity index (χ0n) is 14.7. The minimum atomic E-state index is -0.327. The minimum absolute atomic E-state index is 0.122. The van der Waals surface area contributed by atoms with Gasteiger partial charge >= 0.3 is 0 Å². The number of quaternary nitrogens is 1. The van der Waals surface area contributed by atoms with Gasteiger partial charge in [0.25, 0.3) is 5.91 Å². The second kappa shape index (κ2) is 7.40. The third kappa shape index (κ3) is 3.61. The Labute approximate surface area is 165 Å². The SMILES string of the molecule is O=C1C[C@H]([NH+]2CCN(c3ccc(F)cc3)CC2)C(=O)N1c1cccc(Br)c1. The summed E-state index contributed by atoms with van der Waals surface area (Å²) in [5.74, 6) is -0.509. The predicted octanol–water partition coefficient (Wildman–Crippen LogP) is 1.63. The maximum Gasteiger partial charge on any atom is 0.292 e. The summed E-state index contributed by atoms with van der Waals surface area (Å²) >= 11 is 3.39. The summed E-state index contributed by atoms with van der Waals surface area (Å²) < 4.78 is 13.9. The lowest BCUT2D eigenvalue weighted by Crippen LogP contribution is -3.19. The molecule has 2 saturated heterocycles. The molecule has 0 aliphatic carbocycles. The van der Waals surface area contributed by atoms with E-state index < -0.39 is 0 Å². The highest BCUT2D eigenvalue weighted by Crippen LogP contribution is 2.25. The molecule has 2 fully saturated rings. The van der Waals surface area contributed by atoms with Crippen molar-refractivity contribution in [3.63, 3.8) is 0 Å². The zero-order valence-corrected chi connectivity index (χ0v) is 16.3. The Morgan fingerprint density at radius 1 is 1.00 bits per heavy atom. The number of rotatable bonds is 3. The van der Waals surface area contributed by atoms with Crippen molar-refractivity contribution in [1.29, 1.82) is 0 Å². The standard InChI is InChI=1S/C20H19BrFN3O2/c21-14-2-1-3-17(12-14)25-19(26)13-18(20(25)27)24-10-8-23(9-11-24)16-6-4-15(22)5-7-16/h1-7,12,18H,8-11,13H2/p+1/t18-/m0/s1. The number of anilines is 2. The van der Waals surface area contributed by atoms with E-state index in [0.29, 0.717) is 5.69 Å². The van der Waals surface area contributed by atoms with Gasteiger partial charge < -0.3 is 9.80 Å². The van der Waals surface area contributed by atoms with Crippen molar-refractivity contribution < 1.29 is 18.9 Å². The fourth-order valence-electron chi connectivity index (χ4n) is 3.89. The lowest BCUT2D eigenvalue weighted by molar-refractivity contribution is -0.915. The maximum atomic E-state index is 13.1. The monoisotopic (exact) mass is 432 g/mol. The number of nitrogens with zero attached hydrogens (tertiary/aromatic N) is 2. The summed E-state index contributed by atoms with van der Waals surface area (Å²) in [7, 11) is 0. The van der Waals surface area contributed by atoms with Gasteiger partial charge in [-0.15, -0.1) is 0 Å². The molecule has 2 aliphatic rings. The second-order valence-electron chi connectivity index (χ2n) is 6.93. The Hall–Kier alpha value is -2.25. The van der Waals surface area contributed by atoms with Gasteiger partial charge in [-0.05, 0) is 42.5 Å². The first-order valence-corrected chi connectivity index (χ1v) is 9.80. The Morgan fingerprint density at radius 2 is 1.70 bits per heavy atom. The van der Waals surface area contributed by atoms with Crippen LogP contribution in [0.5, 0.6) is 0 Å². The van der Waals surface area contributed by atoms with E-state index >= 15 is 0 Å². The van der Waals surface area contributed by atoms with E-state index in [2.05, 4.69) is 20.8 Å². The number of hydrogen-bond acceptors (Lipinski definition) is 3. The van der Waals surface area contributed by atoms with Crippen LogP contribution in [0.2, 0.25) is 0 Å². The van der Waals surface area contributed by atoms with Crippen molar-refractivity contribution in [3.05, 3.63) is 58.8 Å². The molecule has 1 N–H and O–H groups in total. The summed E-state index contributed by atoms with van der Waals surface area (Å²) in [6.45, 7) is 3.09. The minimum Gasteiger partial charge on any atom is -0.360 e.